The number of methoxy groups -OCH3 is 1. The van der Waals surface area contributed by atoms with Crippen LogP contribution in [0, 0.1) is 0 Å². The lowest BCUT2D eigenvalue weighted by Gasteiger charge is -2.15. The van der Waals surface area contributed by atoms with Gasteiger partial charge in [0.2, 0.25) is 11.8 Å². The van der Waals surface area contributed by atoms with Gasteiger partial charge in [0, 0.05) is 44.2 Å². The van der Waals surface area contributed by atoms with Crippen molar-refractivity contribution in [2.75, 3.05) is 57.4 Å². The number of rotatable bonds is 15. The number of fused-ring (bicyclic) bond motifs is 3. The molecule has 10 heteroatoms. The first-order valence-corrected chi connectivity index (χ1v) is 12.3. The van der Waals surface area contributed by atoms with Crippen molar-refractivity contribution in [3.63, 3.8) is 0 Å². The van der Waals surface area contributed by atoms with Crippen molar-refractivity contribution in [1.82, 2.24) is 0 Å². The number of nitrogens with two attached hydrogens (primary N) is 1. The van der Waals surface area contributed by atoms with E-state index in [0.29, 0.717) is 37.6 Å². The third-order valence-electron chi connectivity index (χ3n) is 5.84. The molecule has 0 aliphatic heterocycles. The third-order valence-corrected chi connectivity index (χ3v) is 5.84. The second-order valence-corrected chi connectivity index (χ2v) is 8.66. The summed E-state index contributed by atoms with van der Waals surface area (Å²) in [5.41, 5.74) is 6.44. The lowest BCUT2D eigenvalue weighted by molar-refractivity contribution is -0.121. The number of carbonyl (C=O) groups is 3. The first-order chi connectivity index (χ1) is 18.5. The van der Waals surface area contributed by atoms with Gasteiger partial charge < -0.3 is 35.3 Å². The quantitative estimate of drug-likeness (QED) is 0.309. The maximum Gasteiger partial charge on any atom is 0.404 e. The molecule has 1 aliphatic rings. The van der Waals surface area contributed by atoms with Crippen LogP contribution in [-0.2, 0) is 28.5 Å². The molecule has 0 radical (unpaired) electrons. The molecule has 3 amide bonds. The van der Waals surface area contributed by atoms with Gasteiger partial charge in [0.25, 0.3) is 0 Å². The van der Waals surface area contributed by atoms with E-state index < -0.39 is 6.09 Å². The molecule has 0 spiro atoms. The van der Waals surface area contributed by atoms with Crippen LogP contribution in [0.15, 0.2) is 36.4 Å². The van der Waals surface area contributed by atoms with Gasteiger partial charge in [0.1, 0.15) is 19.8 Å². The van der Waals surface area contributed by atoms with Crippen LogP contribution in [0.3, 0.4) is 0 Å². The Kier molecular flexibility index (Phi) is 10.3. The molecule has 10 nitrogen and oxygen atoms in total. The number of hydrogen-bond donors (Lipinski definition) is 3. The molecule has 0 aromatic heterocycles. The molecular formula is C27H35N3O7. The van der Waals surface area contributed by atoms with Crippen molar-refractivity contribution < 1.29 is 34.7 Å². The molecule has 1 aliphatic carbocycles. The SMILES string of the molecule is [2H]NC(=O)OCC1c2cc(NC(=O)COCCCC)ccc2-c2ccc(NC(=O)COCCCOC)cc21. The van der Waals surface area contributed by atoms with Gasteiger partial charge in [-0.2, -0.15) is 0 Å². The molecule has 0 bridgehead atoms. The monoisotopic (exact) mass is 514 g/mol. The van der Waals surface area contributed by atoms with Crippen molar-refractivity contribution in [3.05, 3.63) is 47.5 Å². The van der Waals surface area contributed by atoms with E-state index in [1.807, 2.05) is 30.3 Å². The Morgan fingerprint density at radius 3 is 1.97 bits per heavy atom. The Morgan fingerprint density at radius 1 is 0.892 bits per heavy atom. The molecule has 3 rings (SSSR count). The lowest BCUT2D eigenvalue weighted by atomic mass is 9.97. The van der Waals surface area contributed by atoms with E-state index >= 15 is 0 Å². The number of carbonyl (C=O) groups excluding carboxylic acids is 3. The van der Waals surface area contributed by atoms with E-state index in [2.05, 4.69) is 17.6 Å². The number of nitrogens with one attached hydrogen (secondary N) is 2. The number of ether oxygens (including phenoxy) is 4. The van der Waals surface area contributed by atoms with Gasteiger partial charge in [0.05, 0.1) is 0 Å². The Balaban J connectivity index is 1.74. The summed E-state index contributed by atoms with van der Waals surface area (Å²) in [5, 5.41) is 5.68. The maximum absolute atomic E-state index is 12.3. The minimum absolute atomic E-state index is 0.0255. The van der Waals surface area contributed by atoms with Crippen molar-refractivity contribution >= 4 is 29.3 Å². The normalized spacial score (nSPS) is 13.8. The highest BCUT2D eigenvalue weighted by molar-refractivity contribution is 5.94. The second kappa shape index (κ2) is 14.3. The van der Waals surface area contributed by atoms with E-state index in [4.69, 9.17) is 20.4 Å². The summed E-state index contributed by atoms with van der Waals surface area (Å²) in [6.07, 6.45) is 1.71. The molecule has 200 valence electrons. The summed E-state index contributed by atoms with van der Waals surface area (Å²) in [6.45, 7) is 3.42. The van der Waals surface area contributed by atoms with E-state index in [1.165, 1.54) is 0 Å². The molecule has 2 aromatic carbocycles. The van der Waals surface area contributed by atoms with Crippen LogP contribution >= 0.6 is 0 Å². The summed E-state index contributed by atoms with van der Waals surface area (Å²) in [4.78, 5) is 36.3. The largest absolute Gasteiger partial charge is 0.449 e. The van der Waals surface area contributed by atoms with Gasteiger partial charge in [-0.25, -0.2) is 4.79 Å². The Labute approximate surface area is 218 Å². The Hall–Kier alpha value is -3.47. The van der Waals surface area contributed by atoms with Crippen LogP contribution in [0.1, 0.15) is 43.2 Å². The number of benzene rings is 2. The second-order valence-electron chi connectivity index (χ2n) is 8.66. The van der Waals surface area contributed by atoms with E-state index in [9.17, 15) is 14.4 Å². The van der Waals surface area contributed by atoms with Crippen molar-refractivity contribution in [1.29, 1.82) is 0 Å². The molecule has 4 N–H and O–H groups in total. The predicted molar refractivity (Wildman–Crippen MR) is 140 cm³/mol. The van der Waals surface area contributed by atoms with E-state index in [0.717, 1.165) is 35.1 Å². The molecule has 2 aromatic rings. The Morgan fingerprint density at radius 2 is 1.46 bits per heavy atom. The van der Waals surface area contributed by atoms with E-state index in [-0.39, 0.29) is 37.6 Å². The Bertz CT molecular complexity index is 1110. The zero-order valence-corrected chi connectivity index (χ0v) is 21.3. The molecule has 1 atom stereocenters. The standard InChI is InChI=1S/C27H35N3O7/c1-3-4-11-35-16-25(31)29-18-6-8-20-21-9-7-19(30-26(32)17-36-12-5-10-34-2)14-23(21)24(22(20)13-18)15-37-27(28)33/h6-9,13-14,24H,3-5,10-12,15-17H2,1-2H3,(H2,28,33)(H,29,31)(H,30,32)/i/hD. The fourth-order valence-corrected chi connectivity index (χ4v) is 4.13. The van der Waals surface area contributed by atoms with Crippen LogP contribution in [0.4, 0.5) is 16.2 Å². The first-order valence-electron chi connectivity index (χ1n) is 12.8. The summed E-state index contributed by atoms with van der Waals surface area (Å²) in [7, 11) is 1.61. The van der Waals surface area contributed by atoms with Crippen molar-refractivity contribution in [2.45, 2.75) is 32.1 Å². The topological polar surface area (TPSA) is 138 Å². The lowest BCUT2D eigenvalue weighted by Crippen LogP contribution is -2.20. The number of anilines is 2. The van der Waals surface area contributed by atoms with Gasteiger partial charge in [-0.3, -0.25) is 9.59 Å². The molecule has 37 heavy (non-hydrogen) atoms. The zero-order valence-electron chi connectivity index (χ0n) is 22.3. The molecule has 0 fully saturated rings. The zero-order chi connectivity index (χ0) is 27.3. The van der Waals surface area contributed by atoms with Gasteiger partial charge in [-0.1, -0.05) is 25.5 Å². The number of unbranched alkanes of at least 4 members (excludes halogenated alkanes) is 1. The minimum atomic E-state index is -0.872. The molecule has 1 unspecified atom stereocenters. The summed E-state index contributed by atoms with van der Waals surface area (Å²) in [5.74, 6) is -0.907. The number of hydrogen-bond acceptors (Lipinski definition) is 7. The highest BCUT2D eigenvalue weighted by atomic mass is 16.5. The van der Waals surface area contributed by atoms with Gasteiger partial charge >= 0.3 is 6.09 Å². The average Bonchev–Trinajstić information content (AvgIpc) is 3.21. The van der Waals surface area contributed by atoms with E-state index in [1.54, 1.807) is 18.9 Å². The fraction of sp³-hybridized carbons (Fsp3) is 0.444. The highest BCUT2D eigenvalue weighted by Gasteiger charge is 2.30. The van der Waals surface area contributed by atoms with Gasteiger partial charge in [0.15, 0.2) is 1.41 Å². The third kappa shape index (κ3) is 8.28. The minimum Gasteiger partial charge on any atom is -0.449 e. The van der Waals surface area contributed by atoms with Crippen molar-refractivity contribution in [3.8, 4) is 11.1 Å². The van der Waals surface area contributed by atoms with Crippen LogP contribution in [0.2, 0.25) is 1.41 Å². The molecular weight excluding hydrogens is 478 g/mol. The summed E-state index contributed by atoms with van der Waals surface area (Å²) >= 11 is 0. The maximum atomic E-state index is 12.3. The van der Waals surface area contributed by atoms with Crippen LogP contribution in [-0.4, -0.2) is 64.7 Å². The van der Waals surface area contributed by atoms with Crippen LogP contribution in [0.25, 0.3) is 11.1 Å². The number of amides is 3. The smallest absolute Gasteiger partial charge is 0.404 e. The summed E-state index contributed by atoms with van der Waals surface area (Å²) < 4.78 is 28.0. The fourth-order valence-electron chi connectivity index (χ4n) is 4.13. The van der Waals surface area contributed by atoms with Gasteiger partial charge in [-0.15, -0.1) is 0 Å². The van der Waals surface area contributed by atoms with Crippen molar-refractivity contribution in [2.24, 2.45) is 5.73 Å². The van der Waals surface area contributed by atoms with Crippen LogP contribution < -0.4 is 16.4 Å². The summed E-state index contributed by atoms with van der Waals surface area (Å²) in [6, 6.07) is 11.1. The predicted octanol–water partition coefficient (Wildman–Crippen LogP) is 3.64. The number of primary amides is 1. The average molecular weight is 515 g/mol. The highest BCUT2D eigenvalue weighted by Crippen LogP contribution is 2.46. The molecule has 0 heterocycles. The molecule has 0 saturated carbocycles. The van der Waals surface area contributed by atoms with Crippen LogP contribution in [0.5, 0.6) is 0 Å². The first kappa shape index (κ1) is 26.6. The van der Waals surface area contributed by atoms with Gasteiger partial charge in [-0.05, 0) is 59.4 Å². The molecule has 0 saturated heterocycles.